The summed E-state index contributed by atoms with van der Waals surface area (Å²) >= 11 is 5.95. The SMILES string of the molecule is CCCNC(CN)c1ccc(F)cc1Cl. The number of benzene rings is 1. The lowest BCUT2D eigenvalue weighted by Gasteiger charge is -2.18. The van der Waals surface area contributed by atoms with E-state index in [-0.39, 0.29) is 11.9 Å². The maximum Gasteiger partial charge on any atom is 0.124 e. The van der Waals surface area contributed by atoms with E-state index >= 15 is 0 Å². The monoisotopic (exact) mass is 230 g/mol. The lowest BCUT2D eigenvalue weighted by atomic mass is 10.1. The minimum atomic E-state index is -0.324. The third-order valence-corrected chi connectivity index (χ3v) is 2.54. The van der Waals surface area contributed by atoms with E-state index in [1.54, 1.807) is 6.07 Å². The molecular formula is C11H16ClFN2. The predicted octanol–water partition coefficient (Wildman–Crippen LogP) is 2.48. The van der Waals surface area contributed by atoms with Crippen molar-refractivity contribution < 1.29 is 4.39 Å². The van der Waals surface area contributed by atoms with Gasteiger partial charge in [-0.3, -0.25) is 0 Å². The topological polar surface area (TPSA) is 38.0 Å². The molecule has 1 aromatic carbocycles. The molecule has 0 amide bonds. The highest BCUT2D eigenvalue weighted by Gasteiger charge is 2.12. The molecule has 0 heterocycles. The second-order valence-electron chi connectivity index (χ2n) is 3.41. The van der Waals surface area contributed by atoms with Gasteiger partial charge in [0.2, 0.25) is 0 Å². The van der Waals surface area contributed by atoms with E-state index in [1.807, 2.05) is 0 Å². The average Bonchev–Trinajstić information content (AvgIpc) is 2.21. The van der Waals surface area contributed by atoms with E-state index < -0.39 is 0 Å². The van der Waals surface area contributed by atoms with E-state index in [0.717, 1.165) is 18.5 Å². The molecule has 0 radical (unpaired) electrons. The lowest BCUT2D eigenvalue weighted by molar-refractivity contribution is 0.538. The van der Waals surface area contributed by atoms with Gasteiger partial charge in [-0.2, -0.15) is 0 Å². The van der Waals surface area contributed by atoms with Gasteiger partial charge in [0.05, 0.1) is 0 Å². The van der Waals surface area contributed by atoms with E-state index in [0.29, 0.717) is 11.6 Å². The lowest BCUT2D eigenvalue weighted by Crippen LogP contribution is -2.29. The highest BCUT2D eigenvalue weighted by molar-refractivity contribution is 6.31. The fourth-order valence-electron chi connectivity index (χ4n) is 1.42. The first kappa shape index (κ1) is 12.4. The van der Waals surface area contributed by atoms with Crippen molar-refractivity contribution in [1.82, 2.24) is 5.32 Å². The number of hydrogen-bond donors (Lipinski definition) is 2. The van der Waals surface area contributed by atoms with Crippen LogP contribution in [0, 0.1) is 5.82 Å². The molecule has 1 unspecified atom stereocenters. The molecule has 84 valence electrons. The smallest absolute Gasteiger partial charge is 0.124 e. The van der Waals surface area contributed by atoms with Gasteiger partial charge in [0.1, 0.15) is 5.82 Å². The second-order valence-corrected chi connectivity index (χ2v) is 3.82. The van der Waals surface area contributed by atoms with Gasteiger partial charge >= 0.3 is 0 Å². The fourth-order valence-corrected chi connectivity index (χ4v) is 1.72. The van der Waals surface area contributed by atoms with Crippen LogP contribution in [0.5, 0.6) is 0 Å². The molecule has 0 bridgehead atoms. The Bertz CT molecular complexity index is 317. The van der Waals surface area contributed by atoms with Crippen LogP contribution in [0.15, 0.2) is 18.2 Å². The normalized spacial score (nSPS) is 12.8. The number of rotatable bonds is 5. The van der Waals surface area contributed by atoms with Crippen molar-refractivity contribution in [3.8, 4) is 0 Å². The summed E-state index contributed by atoms with van der Waals surface area (Å²) in [6.45, 7) is 3.40. The Morgan fingerprint density at radius 2 is 2.27 bits per heavy atom. The summed E-state index contributed by atoms with van der Waals surface area (Å²) in [6.07, 6.45) is 1.02. The number of nitrogens with one attached hydrogen (secondary N) is 1. The second kappa shape index (κ2) is 6.05. The molecule has 0 aliphatic rings. The first-order valence-corrected chi connectivity index (χ1v) is 5.45. The molecule has 0 saturated heterocycles. The number of nitrogens with two attached hydrogens (primary N) is 1. The van der Waals surface area contributed by atoms with Crippen LogP contribution in [-0.2, 0) is 0 Å². The van der Waals surface area contributed by atoms with Gasteiger partial charge in [0.25, 0.3) is 0 Å². The minimum Gasteiger partial charge on any atom is -0.329 e. The predicted molar refractivity (Wildman–Crippen MR) is 61.5 cm³/mol. The molecule has 0 fully saturated rings. The summed E-state index contributed by atoms with van der Waals surface area (Å²) in [6, 6.07) is 4.39. The van der Waals surface area contributed by atoms with Crippen LogP contribution in [0.1, 0.15) is 24.9 Å². The summed E-state index contributed by atoms with van der Waals surface area (Å²) in [7, 11) is 0. The Morgan fingerprint density at radius 1 is 1.53 bits per heavy atom. The maximum atomic E-state index is 12.8. The van der Waals surface area contributed by atoms with Crippen molar-refractivity contribution in [3.05, 3.63) is 34.6 Å². The quantitative estimate of drug-likeness (QED) is 0.816. The van der Waals surface area contributed by atoms with Crippen LogP contribution in [0.4, 0.5) is 4.39 Å². The van der Waals surface area contributed by atoms with E-state index in [9.17, 15) is 4.39 Å². The average molecular weight is 231 g/mol. The zero-order valence-electron chi connectivity index (χ0n) is 8.76. The van der Waals surface area contributed by atoms with Gasteiger partial charge in [-0.05, 0) is 30.7 Å². The molecule has 0 aliphatic heterocycles. The van der Waals surface area contributed by atoms with Gasteiger partial charge < -0.3 is 11.1 Å². The van der Waals surface area contributed by atoms with E-state index in [4.69, 9.17) is 17.3 Å². The van der Waals surface area contributed by atoms with Crippen molar-refractivity contribution in [2.45, 2.75) is 19.4 Å². The fraction of sp³-hybridized carbons (Fsp3) is 0.455. The zero-order valence-corrected chi connectivity index (χ0v) is 9.52. The zero-order chi connectivity index (χ0) is 11.3. The molecule has 2 nitrogen and oxygen atoms in total. The van der Waals surface area contributed by atoms with Crippen LogP contribution >= 0.6 is 11.6 Å². The minimum absolute atomic E-state index is 0.00181. The van der Waals surface area contributed by atoms with E-state index in [2.05, 4.69) is 12.2 Å². The standard InChI is InChI=1S/C11H16ClFN2/c1-2-5-15-11(7-14)9-4-3-8(13)6-10(9)12/h3-4,6,11,15H,2,5,7,14H2,1H3. The maximum absolute atomic E-state index is 12.8. The number of halogens is 2. The van der Waals surface area contributed by atoms with E-state index in [1.165, 1.54) is 12.1 Å². The van der Waals surface area contributed by atoms with Crippen LogP contribution in [-0.4, -0.2) is 13.1 Å². The highest BCUT2D eigenvalue weighted by atomic mass is 35.5. The molecule has 15 heavy (non-hydrogen) atoms. The molecule has 0 aromatic heterocycles. The van der Waals surface area contributed by atoms with Crippen molar-refractivity contribution in [2.24, 2.45) is 5.73 Å². The molecule has 0 spiro atoms. The summed E-state index contributed by atoms with van der Waals surface area (Å²) in [5.74, 6) is -0.324. The molecule has 0 aliphatic carbocycles. The van der Waals surface area contributed by atoms with Crippen LogP contribution in [0.25, 0.3) is 0 Å². The Morgan fingerprint density at radius 3 is 2.80 bits per heavy atom. The molecular weight excluding hydrogens is 215 g/mol. The Balaban J connectivity index is 2.81. The summed E-state index contributed by atoms with van der Waals surface area (Å²) in [5, 5.41) is 3.69. The first-order chi connectivity index (χ1) is 7.19. The van der Waals surface area contributed by atoms with Gasteiger partial charge in [0, 0.05) is 17.6 Å². The summed E-state index contributed by atoms with van der Waals surface area (Å²) in [4.78, 5) is 0. The largest absolute Gasteiger partial charge is 0.329 e. The van der Waals surface area contributed by atoms with Crippen LogP contribution in [0.2, 0.25) is 5.02 Å². The van der Waals surface area contributed by atoms with Gasteiger partial charge in [-0.1, -0.05) is 24.6 Å². The van der Waals surface area contributed by atoms with Crippen molar-refractivity contribution in [3.63, 3.8) is 0 Å². The van der Waals surface area contributed by atoms with Crippen LogP contribution in [0.3, 0.4) is 0 Å². The Kier molecular flexibility index (Phi) is 5.02. The van der Waals surface area contributed by atoms with Crippen molar-refractivity contribution in [2.75, 3.05) is 13.1 Å². The van der Waals surface area contributed by atoms with Crippen molar-refractivity contribution in [1.29, 1.82) is 0 Å². The van der Waals surface area contributed by atoms with Crippen molar-refractivity contribution >= 4 is 11.6 Å². The van der Waals surface area contributed by atoms with Crippen LogP contribution < -0.4 is 11.1 Å². The van der Waals surface area contributed by atoms with Gasteiger partial charge in [0.15, 0.2) is 0 Å². The molecule has 1 aromatic rings. The third-order valence-electron chi connectivity index (χ3n) is 2.21. The molecule has 3 N–H and O–H groups in total. The molecule has 1 atom stereocenters. The molecule has 0 saturated carbocycles. The Hall–Kier alpha value is -0.640. The van der Waals surface area contributed by atoms with Gasteiger partial charge in [-0.25, -0.2) is 4.39 Å². The number of hydrogen-bond acceptors (Lipinski definition) is 2. The summed E-state index contributed by atoms with van der Waals surface area (Å²) < 4.78 is 12.8. The molecule has 1 rings (SSSR count). The highest BCUT2D eigenvalue weighted by Crippen LogP contribution is 2.23. The summed E-state index contributed by atoms with van der Waals surface area (Å²) in [5.41, 5.74) is 6.49. The molecule has 4 heteroatoms. The Labute approximate surface area is 94.6 Å². The van der Waals surface area contributed by atoms with Gasteiger partial charge in [-0.15, -0.1) is 0 Å². The third kappa shape index (κ3) is 3.45. The first-order valence-electron chi connectivity index (χ1n) is 5.07.